The number of Topliss-reactive ketones (excluding diaryl/α,β-unsaturated/α-hetero) is 1. The molecule has 0 saturated heterocycles. The Hall–Kier alpha value is -2.84. The lowest BCUT2D eigenvalue weighted by molar-refractivity contribution is -0.138. The number of hydrogen-bond donors (Lipinski definition) is 1. The maximum absolute atomic E-state index is 13.6. The van der Waals surface area contributed by atoms with Gasteiger partial charge in [-0.3, -0.25) is 4.79 Å². The maximum atomic E-state index is 13.6. The van der Waals surface area contributed by atoms with Crippen LogP contribution in [-0.2, 0) is 19.1 Å². The Bertz CT molecular complexity index is 1160. The molecule has 2 atom stereocenters. The van der Waals surface area contributed by atoms with Crippen LogP contribution in [0.4, 0.5) is 0 Å². The Labute approximate surface area is 213 Å². The van der Waals surface area contributed by atoms with Crippen LogP contribution < -0.4 is 5.32 Å². The van der Waals surface area contributed by atoms with Crippen LogP contribution in [0.1, 0.15) is 59.3 Å². The zero-order valence-corrected chi connectivity index (χ0v) is 21.7. The summed E-state index contributed by atoms with van der Waals surface area (Å²) in [6.45, 7) is 4.23. The van der Waals surface area contributed by atoms with Crippen LogP contribution in [0.5, 0.6) is 0 Å². The highest BCUT2D eigenvalue weighted by Gasteiger charge is 2.41. The number of methoxy groups -OCH3 is 1. The zero-order valence-electron chi connectivity index (χ0n) is 20.1. The van der Waals surface area contributed by atoms with Crippen molar-refractivity contribution in [3.8, 4) is 0 Å². The summed E-state index contributed by atoms with van der Waals surface area (Å²) in [6, 6.07) is 11.0. The molecule has 4 rings (SSSR count). The first-order valence-corrected chi connectivity index (χ1v) is 13.7. The first-order chi connectivity index (χ1) is 16.9. The summed E-state index contributed by atoms with van der Waals surface area (Å²) in [5.41, 5.74) is 3.79. The highest BCUT2D eigenvalue weighted by molar-refractivity contribution is 7.99. The van der Waals surface area contributed by atoms with E-state index in [1.165, 1.54) is 12.0 Å². The van der Waals surface area contributed by atoms with Crippen molar-refractivity contribution in [3.63, 3.8) is 0 Å². The molecular weight excluding hydrogens is 482 g/mol. The number of hydrogen-bond acceptors (Lipinski definition) is 8. The van der Waals surface area contributed by atoms with E-state index in [0.29, 0.717) is 41.9 Å². The molecule has 1 aromatic carbocycles. The summed E-state index contributed by atoms with van der Waals surface area (Å²) >= 11 is 3.36. The Balaban J connectivity index is 1.72. The molecule has 2 aliphatic rings. The number of ketones is 1. The number of esters is 2. The lowest BCUT2D eigenvalue weighted by Gasteiger charge is -2.36. The molecule has 0 radical (unpaired) electrons. The fourth-order valence-corrected chi connectivity index (χ4v) is 6.03. The third kappa shape index (κ3) is 5.38. The summed E-state index contributed by atoms with van der Waals surface area (Å²) in [7, 11) is 1.34. The van der Waals surface area contributed by atoms with E-state index in [0.717, 1.165) is 22.8 Å². The second-order valence-electron chi connectivity index (χ2n) is 8.48. The lowest BCUT2D eigenvalue weighted by atomic mass is 9.72. The van der Waals surface area contributed by atoms with Crippen molar-refractivity contribution in [1.82, 2.24) is 5.32 Å². The van der Waals surface area contributed by atoms with Crippen LogP contribution in [0.2, 0.25) is 0 Å². The average Bonchev–Trinajstić information content (AvgIpc) is 3.40. The maximum Gasteiger partial charge on any atom is 0.337 e. The van der Waals surface area contributed by atoms with Gasteiger partial charge < -0.3 is 14.8 Å². The molecule has 0 spiro atoms. The highest BCUT2D eigenvalue weighted by atomic mass is 32.2. The SMILES string of the molecule is CCSCCOC(=O)C1=C(C)NC2=C(C(=O)C[C@@H](c3cccs3)C2)[C@@H]1c1ccc(C(=O)OC)cc1. The number of allylic oxidation sites excluding steroid dienone is 3. The van der Waals surface area contributed by atoms with Gasteiger partial charge in [-0.1, -0.05) is 25.1 Å². The van der Waals surface area contributed by atoms with Gasteiger partial charge in [0, 0.05) is 45.9 Å². The molecule has 0 saturated carbocycles. The molecule has 2 heterocycles. The van der Waals surface area contributed by atoms with Gasteiger partial charge in [0.2, 0.25) is 0 Å². The molecule has 184 valence electrons. The summed E-state index contributed by atoms with van der Waals surface area (Å²) in [5, 5.41) is 5.40. The largest absolute Gasteiger partial charge is 0.465 e. The van der Waals surface area contributed by atoms with Crippen LogP contribution in [0.25, 0.3) is 0 Å². The lowest BCUT2D eigenvalue weighted by Crippen LogP contribution is -2.36. The van der Waals surface area contributed by atoms with E-state index in [1.807, 2.05) is 18.4 Å². The number of ether oxygens (including phenoxy) is 2. The normalized spacial score (nSPS) is 19.8. The van der Waals surface area contributed by atoms with Crippen molar-refractivity contribution in [2.75, 3.05) is 25.2 Å². The van der Waals surface area contributed by atoms with E-state index in [9.17, 15) is 14.4 Å². The van der Waals surface area contributed by atoms with Crippen LogP contribution in [0.15, 0.2) is 64.3 Å². The summed E-state index contributed by atoms with van der Waals surface area (Å²) < 4.78 is 10.4. The number of nitrogens with one attached hydrogen (secondary N) is 1. The van der Waals surface area contributed by atoms with Gasteiger partial charge in [0.1, 0.15) is 6.61 Å². The minimum absolute atomic E-state index is 0.0264. The fourth-order valence-electron chi connectivity index (χ4n) is 4.71. The van der Waals surface area contributed by atoms with Crippen molar-refractivity contribution < 1.29 is 23.9 Å². The predicted molar refractivity (Wildman–Crippen MR) is 139 cm³/mol. The molecule has 1 aliphatic heterocycles. The van der Waals surface area contributed by atoms with Crippen LogP contribution >= 0.6 is 23.1 Å². The van der Waals surface area contributed by atoms with Gasteiger partial charge in [0.05, 0.1) is 18.2 Å². The number of benzene rings is 1. The Morgan fingerprint density at radius 2 is 1.91 bits per heavy atom. The third-order valence-electron chi connectivity index (χ3n) is 6.32. The molecular formula is C27H29NO5S2. The van der Waals surface area contributed by atoms with E-state index in [1.54, 1.807) is 47.4 Å². The fraction of sp³-hybridized carbons (Fsp3) is 0.370. The molecule has 35 heavy (non-hydrogen) atoms. The van der Waals surface area contributed by atoms with Gasteiger partial charge in [-0.15, -0.1) is 11.3 Å². The monoisotopic (exact) mass is 511 g/mol. The van der Waals surface area contributed by atoms with E-state index in [2.05, 4.69) is 18.3 Å². The van der Waals surface area contributed by atoms with Crippen LogP contribution in [0, 0.1) is 0 Å². The van der Waals surface area contributed by atoms with Crippen molar-refractivity contribution in [3.05, 3.63) is 80.3 Å². The molecule has 1 N–H and O–H groups in total. The Morgan fingerprint density at radius 1 is 1.14 bits per heavy atom. The number of carbonyl (C=O) groups excluding carboxylic acids is 3. The molecule has 0 amide bonds. The zero-order chi connectivity index (χ0) is 24.9. The van der Waals surface area contributed by atoms with Crippen LogP contribution in [-0.4, -0.2) is 42.9 Å². The number of rotatable bonds is 8. The third-order valence-corrected chi connectivity index (χ3v) is 8.22. The summed E-state index contributed by atoms with van der Waals surface area (Å²) in [5.74, 6) is 0.396. The summed E-state index contributed by atoms with van der Waals surface area (Å²) in [6.07, 6.45) is 1.09. The standard InChI is InChI=1S/C27H29NO5S2/c1-4-34-13-11-33-27(31)23-16(2)28-20-14-19(22-6-5-12-35-22)15-21(29)25(20)24(23)17-7-9-18(10-8-17)26(30)32-3/h5-10,12,19,24,28H,4,11,13-15H2,1-3H3/t19-,24+/m0/s1. The molecule has 0 unspecified atom stereocenters. The van der Waals surface area contributed by atoms with Gasteiger partial charge in [0.15, 0.2) is 5.78 Å². The Kier molecular flexibility index (Phi) is 8.13. The van der Waals surface area contributed by atoms with Gasteiger partial charge in [-0.25, -0.2) is 9.59 Å². The minimum Gasteiger partial charge on any atom is -0.465 e. The van der Waals surface area contributed by atoms with Crippen molar-refractivity contribution in [2.45, 2.75) is 38.5 Å². The quantitative estimate of drug-likeness (QED) is 0.386. The molecule has 2 aromatic rings. The van der Waals surface area contributed by atoms with Crippen molar-refractivity contribution >= 4 is 40.8 Å². The van der Waals surface area contributed by atoms with Gasteiger partial charge in [0.25, 0.3) is 0 Å². The van der Waals surface area contributed by atoms with Crippen molar-refractivity contribution in [2.24, 2.45) is 0 Å². The summed E-state index contributed by atoms with van der Waals surface area (Å²) in [4.78, 5) is 40.0. The van der Waals surface area contributed by atoms with Gasteiger partial charge in [-0.2, -0.15) is 11.8 Å². The Morgan fingerprint density at radius 3 is 2.57 bits per heavy atom. The number of thiophene rings is 1. The molecule has 6 nitrogen and oxygen atoms in total. The van der Waals surface area contributed by atoms with Gasteiger partial charge >= 0.3 is 11.9 Å². The number of carbonyl (C=O) groups is 3. The van der Waals surface area contributed by atoms with E-state index in [4.69, 9.17) is 9.47 Å². The predicted octanol–water partition coefficient (Wildman–Crippen LogP) is 5.19. The molecule has 0 fully saturated rings. The average molecular weight is 512 g/mol. The molecule has 1 aromatic heterocycles. The molecule has 0 bridgehead atoms. The van der Waals surface area contributed by atoms with Crippen LogP contribution in [0.3, 0.4) is 0 Å². The van der Waals surface area contributed by atoms with E-state index >= 15 is 0 Å². The van der Waals surface area contributed by atoms with E-state index < -0.39 is 17.9 Å². The van der Waals surface area contributed by atoms with Crippen molar-refractivity contribution in [1.29, 1.82) is 0 Å². The smallest absolute Gasteiger partial charge is 0.337 e. The van der Waals surface area contributed by atoms with Gasteiger partial charge in [-0.05, 0) is 48.2 Å². The first-order valence-electron chi connectivity index (χ1n) is 11.6. The van der Waals surface area contributed by atoms with E-state index in [-0.39, 0.29) is 11.7 Å². The molecule has 1 aliphatic carbocycles. The minimum atomic E-state index is -0.555. The molecule has 8 heteroatoms. The number of thioether (sulfide) groups is 1. The second-order valence-corrected chi connectivity index (χ2v) is 10.9. The second kappa shape index (κ2) is 11.3. The highest BCUT2D eigenvalue weighted by Crippen LogP contribution is 2.46. The topological polar surface area (TPSA) is 81.7 Å². The first kappa shape index (κ1) is 25.3. The number of dihydropyridines is 1.